The van der Waals surface area contributed by atoms with Crippen LogP contribution in [0.2, 0.25) is 0 Å². The summed E-state index contributed by atoms with van der Waals surface area (Å²) < 4.78 is 10.7. The summed E-state index contributed by atoms with van der Waals surface area (Å²) in [5, 5.41) is 3.00. The minimum absolute atomic E-state index is 0.157. The smallest absolute Gasteiger partial charge is 0.259 e. The van der Waals surface area contributed by atoms with Crippen LogP contribution in [-0.2, 0) is 6.42 Å². The molecule has 0 radical (unpaired) electrons. The van der Waals surface area contributed by atoms with Gasteiger partial charge in [-0.3, -0.25) is 4.79 Å². The number of aryl methyl sites for hydroxylation is 2. The van der Waals surface area contributed by atoms with Crippen LogP contribution in [-0.4, -0.2) is 12.7 Å². The van der Waals surface area contributed by atoms with E-state index in [4.69, 9.17) is 9.47 Å². The van der Waals surface area contributed by atoms with Crippen molar-refractivity contribution in [3.63, 3.8) is 0 Å². The Labute approximate surface area is 123 Å². The van der Waals surface area contributed by atoms with E-state index >= 15 is 0 Å². The monoisotopic (exact) mass is 283 g/mol. The van der Waals surface area contributed by atoms with Crippen LogP contribution in [0.1, 0.15) is 28.4 Å². The third-order valence-corrected chi connectivity index (χ3v) is 3.62. The van der Waals surface area contributed by atoms with Crippen LogP contribution in [0.15, 0.2) is 36.4 Å². The second kappa shape index (κ2) is 5.48. The summed E-state index contributed by atoms with van der Waals surface area (Å²) in [5.74, 6) is 0.950. The standard InChI is InChI=1S/C17H17NO3/c1-3-12-7-4-6-11(2)15(12)18-17(19)13-8-5-9-14-16(13)21-10-20-14/h4-9H,3,10H2,1-2H3,(H,18,19). The third-order valence-electron chi connectivity index (χ3n) is 3.62. The Morgan fingerprint density at radius 1 is 1.19 bits per heavy atom. The highest BCUT2D eigenvalue weighted by atomic mass is 16.7. The van der Waals surface area contributed by atoms with Crippen LogP contribution < -0.4 is 14.8 Å². The van der Waals surface area contributed by atoms with Crippen LogP contribution in [0.5, 0.6) is 11.5 Å². The average molecular weight is 283 g/mol. The van der Waals surface area contributed by atoms with Crippen molar-refractivity contribution in [2.75, 3.05) is 12.1 Å². The Morgan fingerprint density at radius 3 is 2.81 bits per heavy atom. The zero-order valence-corrected chi connectivity index (χ0v) is 12.1. The summed E-state index contributed by atoms with van der Waals surface area (Å²) in [7, 11) is 0. The lowest BCUT2D eigenvalue weighted by molar-refractivity contribution is 0.102. The number of fused-ring (bicyclic) bond motifs is 1. The molecule has 4 nitrogen and oxygen atoms in total. The Hall–Kier alpha value is -2.49. The number of anilines is 1. The Balaban J connectivity index is 1.93. The van der Waals surface area contributed by atoms with Crippen LogP contribution in [0, 0.1) is 6.92 Å². The van der Waals surface area contributed by atoms with E-state index in [1.54, 1.807) is 18.2 Å². The first-order chi connectivity index (χ1) is 10.2. The number of hydrogen-bond acceptors (Lipinski definition) is 3. The van der Waals surface area contributed by atoms with Gasteiger partial charge < -0.3 is 14.8 Å². The first-order valence-corrected chi connectivity index (χ1v) is 6.99. The van der Waals surface area contributed by atoms with E-state index in [1.807, 2.05) is 25.1 Å². The van der Waals surface area contributed by atoms with Crippen LogP contribution >= 0.6 is 0 Å². The molecule has 1 aliphatic heterocycles. The van der Waals surface area contributed by atoms with Gasteiger partial charge in [-0.15, -0.1) is 0 Å². The molecule has 0 saturated carbocycles. The van der Waals surface area contributed by atoms with Gasteiger partial charge in [-0.2, -0.15) is 0 Å². The molecule has 1 heterocycles. The quantitative estimate of drug-likeness (QED) is 0.937. The zero-order chi connectivity index (χ0) is 14.8. The number of carbonyl (C=O) groups excluding carboxylic acids is 1. The lowest BCUT2D eigenvalue weighted by Crippen LogP contribution is -2.15. The van der Waals surface area contributed by atoms with Crippen molar-refractivity contribution in [1.82, 2.24) is 0 Å². The van der Waals surface area contributed by atoms with E-state index in [-0.39, 0.29) is 12.7 Å². The van der Waals surface area contributed by atoms with Crippen molar-refractivity contribution in [3.8, 4) is 11.5 Å². The van der Waals surface area contributed by atoms with Gasteiger partial charge in [0.15, 0.2) is 11.5 Å². The number of nitrogens with one attached hydrogen (secondary N) is 1. The van der Waals surface area contributed by atoms with Gasteiger partial charge >= 0.3 is 0 Å². The number of benzene rings is 2. The maximum absolute atomic E-state index is 12.5. The van der Waals surface area contributed by atoms with Gasteiger partial charge in [0.2, 0.25) is 6.79 Å². The van der Waals surface area contributed by atoms with Gasteiger partial charge in [0, 0.05) is 5.69 Å². The molecule has 2 aromatic carbocycles. The van der Waals surface area contributed by atoms with E-state index in [0.29, 0.717) is 17.1 Å². The van der Waals surface area contributed by atoms with Gasteiger partial charge in [0.25, 0.3) is 5.91 Å². The highest BCUT2D eigenvalue weighted by Gasteiger charge is 2.22. The molecule has 1 N–H and O–H groups in total. The van der Waals surface area contributed by atoms with E-state index < -0.39 is 0 Å². The summed E-state index contributed by atoms with van der Waals surface area (Å²) in [4.78, 5) is 12.5. The molecule has 0 atom stereocenters. The fourth-order valence-electron chi connectivity index (χ4n) is 2.49. The fraction of sp³-hybridized carbons (Fsp3) is 0.235. The molecular formula is C17H17NO3. The maximum Gasteiger partial charge on any atom is 0.259 e. The van der Waals surface area contributed by atoms with E-state index in [2.05, 4.69) is 12.2 Å². The molecule has 0 spiro atoms. The van der Waals surface area contributed by atoms with Crippen molar-refractivity contribution in [2.24, 2.45) is 0 Å². The topological polar surface area (TPSA) is 47.6 Å². The molecule has 108 valence electrons. The fourth-order valence-corrected chi connectivity index (χ4v) is 2.49. The summed E-state index contributed by atoms with van der Waals surface area (Å²) in [6.07, 6.45) is 0.865. The van der Waals surface area contributed by atoms with Crippen LogP contribution in [0.25, 0.3) is 0 Å². The summed E-state index contributed by atoms with van der Waals surface area (Å²) in [6.45, 7) is 4.22. The van der Waals surface area contributed by atoms with Crippen LogP contribution in [0.4, 0.5) is 5.69 Å². The molecular weight excluding hydrogens is 266 g/mol. The molecule has 2 aromatic rings. The zero-order valence-electron chi connectivity index (χ0n) is 12.1. The van der Waals surface area contributed by atoms with Gasteiger partial charge in [0.05, 0.1) is 5.56 Å². The van der Waals surface area contributed by atoms with Gasteiger partial charge in [-0.25, -0.2) is 0 Å². The Kier molecular flexibility index (Phi) is 3.52. The predicted octanol–water partition coefficient (Wildman–Crippen LogP) is 3.54. The van der Waals surface area contributed by atoms with Crippen molar-refractivity contribution in [3.05, 3.63) is 53.1 Å². The first-order valence-electron chi connectivity index (χ1n) is 6.99. The lowest BCUT2D eigenvalue weighted by Gasteiger charge is -2.13. The molecule has 0 aromatic heterocycles. The first kappa shape index (κ1) is 13.5. The minimum Gasteiger partial charge on any atom is -0.454 e. The summed E-state index contributed by atoms with van der Waals surface area (Å²) >= 11 is 0. The van der Waals surface area contributed by atoms with E-state index in [9.17, 15) is 4.79 Å². The van der Waals surface area contributed by atoms with E-state index in [1.165, 1.54) is 0 Å². The average Bonchev–Trinajstić information content (AvgIpc) is 2.97. The second-order valence-electron chi connectivity index (χ2n) is 4.96. The number of carbonyl (C=O) groups is 1. The maximum atomic E-state index is 12.5. The largest absolute Gasteiger partial charge is 0.454 e. The van der Waals surface area contributed by atoms with Crippen LogP contribution in [0.3, 0.4) is 0 Å². The number of amides is 1. The third kappa shape index (κ3) is 2.44. The molecule has 0 saturated heterocycles. The summed E-state index contributed by atoms with van der Waals surface area (Å²) in [6, 6.07) is 11.3. The lowest BCUT2D eigenvalue weighted by atomic mass is 10.1. The second-order valence-corrected chi connectivity index (χ2v) is 4.96. The van der Waals surface area contributed by atoms with Crippen molar-refractivity contribution >= 4 is 11.6 Å². The number of para-hydroxylation sites is 2. The van der Waals surface area contributed by atoms with Gasteiger partial charge in [-0.05, 0) is 36.6 Å². The molecule has 3 rings (SSSR count). The highest BCUT2D eigenvalue weighted by Crippen LogP contribution is 2.36. The number of ether oxygens (including phenoxy) is 2. The van der Waals surface area contributed by atoms with Crippen molar-refractivity contribution < 1.29 is 14.3 Å². The van der Waals surface area contributed by atoms with Gasteiger partial charge in [-0.1, -0.05) is 31.2 Å². The van der Waals surface area contributed by atoms with Crippen molar-refractivity contribution in [2.45, 2.75) is 20.3 Å². The Bertz CT molecular complexity index is 694. The SMILES string of the molecule is CCc1cccc(C)c1NC(=O)c1cccc2c1OCO2. The van der Waals surface area contributed by atoms with E-state index in [0.717, 1.165) is 23.2 Å². The molecule has 0 unspecified atom stereocenters. The minimum atomic E-state index is -0.179. The molecule has 0 bridgehead atoms. The number of hydrogen-bond donors (Lipinski definition) is 1. The molecule has 0 fully saturated rings. The highest BCUT2D eigenvalue weighted by molar-refractivity contribution is 6.07. The number of rotatable bonds is 3. The normalized spacial score (nSPS) is 12.3. The molecule has 1 aliphatic rings. The molecule has 1 amide bonds. The molecule has 0 aliphatic carbocycles. The predicted molar refractivity (Wildman–Crippen MR) is 81.1 cm³/mol. The molecule has 21 heavy (non-hydrogen) atoms. The van der Waals surface area contributed by atoms with Crippen molar-refractivity contribution in [1.29, 1.82) is 0 Å². The molecule has 4 heteroatoms. The Morgan fingerprint density at radius 2 is 2.00 bits per heavy atom. The summed E-state index contributed by atoms with van der Waals surface area (Å²) in [5.41, 5.74) is 3.54. The van der Waals surface area contributed by atoms with Gasteiger partial charge in [0.1, 0.15) is 0 Å².